The molecule has 2 unspecified atom stereocenters. The van der Waals surface area contributed by atoms with Crippen LogP contribution in [-0.2, 0) is 19.6 Å². The zero-order chi connectivity index (χ0) is 25.2. The third-order valence-corrected chi connectivity index (χ3v) is 7.99. The molecular formula is C21H25ClN8O4S. The second kappa shape index (κ2) is 10.2. The van der Waals surface area contributed by atoms with Gasteiger partial charge in [-0.05, 0) is 31.2 Å². The molecular weight excluding hydrogens is 496 g/mol. The van der Waals surface area contributed by atoms with Crippen LogP contribution in [0.15, 0.2) is 42.9 Å². The highest BCUT2D eigenvalue weighted by Gasteiger charge is 2.39. The van der Waals surface area contributed by atoms with Crippen molar-refractivity contribution in [3.63, 3.8) is 0 Å². The molecule has 3 aromatic rings. The zero-order valence-electron chi connectivity index (χ0n) is 19.2. The summed E-state index contributed by atoms with van der Waals surface area (Å²) in [6.45, 7) is 3.52. The maximum Gasteiger partial charge on any atom is 0.248 e. The molecule has 3 N–H and O–H groups in total. The smallest absolute Gasteiger partial charge is 0.248 e. The highest BCUT2D eigenvalue weighted by molar-refractivity contribution is 7.93. The van der Waals surface area contributed by atoms with Crippen LogP contribution in [0.3, 0.4) is 0 Å². The Balaban J connectivity index is 1.73. The molecule has 4 rings (SSSR count). The molecule has 12 nitrogen and oxygen atoms in total. The van der Waals surface area contributed by atoms with E-state index in [1.807, 2.05) is 0 Å². The maximum atomic E-state index is 13.4. The van der Waals surface area contributed by atoms with E-state index in [1.54, 1.807) is 50.5 Å². The molecule has 4 heterocycles. The predicted molar refractivity (Wildman–Crippen MR) is 129 cm³/mol. The van der Waals surface area contributed by atoms with Gasteiger partial charge in [0.15, 0.2) is 11.9 Å². The Morgan fingerprint density at radius 1 is 1.23 bits per heavy atom. The number of hydrogen-bond donors (Lipinski definition) is 3. The number of ether oxygens (including phenoxy) is 1. The minimum atomic E-state index is -4.00. The summed E-state index contributed by atoms with van der Waals surface area (Å²) in [5, 5.41) is 13.5. The van der Waals surface area contributed by atoms with Gasteiger partial charge in [0.2, 0.25) is 21.9 Å². The van der Waals surface area contributed by atoms with Gasteiger partial charge in [0, 0.05) is 42.9 Å². The van der Waals surface area contributed by atoms with Crippen LogP contribution in [0.5, 0.6) is 0 Å². The molecule has 35 heavy (non-hydrogen) atoms. The van der Waals surface area contributed by atoms with Crippen molar-refractivity contribution in [2.45, 2.75) is 37.3 Å². The molecule has 4 atom stereocenters. The summed E-state index contributed by atoms with van der Waals surface area (Å²) in [6.07, 6.45) is 3.85. The normalized spacial score (nSPS) is 20.2. The number of nitrogens with zero attached hydrogens (tertiary/aromatic N) is 5. The van der Waals surface area contributed by atoms with Crippen molar-refractivity contribution in [1.29, 1.82) is 0 Å². The van der Waals surface area contributed by atoms with Crippen LogP contribution < -0.4 is 15.4 Å². The molecule has 0 saturated carbocycles. The molecule has 1 aliphatic heterocycles. The third kappa shape index (κ3) is 5.12. The number of methoxy groups -OCH3 is 1. The predicted octanol–water partition coefficient (Wildman–Crippen LogP) is 1.51. The zero-order valence-corrected chi connectivity index (χ0v) is 20.8. The third-order valence-electron chi connectivity index (χ3n) is 5.91. The number of carbonyl (C=O) groups excluding carboxylic acids is 1. The lowest BCUT2D eigenvalue weighted by molar-refractivity contribution is -0.133. The fourth-order valence-corrected chi connectivity index (χ4v) is 5.13. The SMILES string of the molecule is COC1NCNC(=O)C1n1c(NS(=O)(=O)[C@@H](C)[C@H](C)c2ccc(Cl)cn2)nnc1-c1cccnc1. The number of carbonyl (C=O) groups is 1. The van der Waals surface area contributed by atoms with Crippen LogP contribution in [0.2, 0.25) is 5.02 Å². The van der Waals surface area contributed by atoms with Crippen LogP contribution >= 0.6 is 11.6 Å². The molecule has 0 bridgehead atoms. The van der Waals surface area contributed by atoms with Gasteiger partial charge in [0.05, 0.1) is 16.9 Å². The van der Waals surface area contributed by atoms with Gasteiger partial charge in [-0.15, -0.1) is 10.2 Å². The second-order valence-electron chi connectivity index (χ2n) is 8.02. The number of halogens is 1. The average molecular weight is 521 g/mol. The monoisotopic (exact) mass is 520 g/mol. The summed E-state index contributed by atoms with van der Waals surface area (Å²) >= 11 is 5.91. The largest absolute Gasteiger partial charge is 0.364 e. The highest BCUT2D eigenvalue weighted by Crippen LogP contribution is 2.30. The summed E-state index contributed by atoms with van der Waals surface area (Å²) in [7, 11) is -2.55. The number of amides is 1. The Kier molecular flexibility index (Phi) is 7.31. The van der Waals surface area contributed by atoms with E-state index in [-0.39, 0.29) is 24.3 Å². The van der Waals surface area contributed by atoms with Gasteiger partial charge in [0.25, 0.3) is 0 Å². The molecule has 0 radical (unpaired) electrons. The lowest BCUT2D eigenvalue weighted by atomic mass is 10.0. The van der Waals surface area contributed by atoms with Crippen molar-refractivity contribution < 1.29 is 17.9 Å². The number of nitrogens with one attached hydrogen (secondary N) is 3. The number of aromatic nitrogens is 5. The van der Waals surface area contributed by atoms with Crippen molar-refractivity contribution in [1.82, 2.24) is 35.4 Å². The number of hydrogen-bond acceptors (Lipinski definition) is 9. The Morgan fingerprint density at radius 3 is 2.69 bits per heavy atom. The highest BCUT2D eigenvalue weighted by atomic mass is 35.5. The number of rotatable bonds is 8. The first-order chi connectivity index (χ1) is 16.7. The Hall–Kier alpha value is -3.13. The van der Waals surface area contributed by atoms with E-state index in [0.717, 1.165) is 0 Å². The first-order valence-corrected chi connectivity index (χ1v) is 12.7. The topological polar surface area (TPSA) is 153 Å². The van der Waals surface area contributed by atoms with Gasteiger partial charge in [-0.25, -0.2) is 8.42 Å². The van der Waals surface area contributed by atoms with E-state index in [9.17, 15) is 13.2 Å². The fourth-order valence-electron chi connectivity index (χ4n) is 3.76. The van der Waals surface area contributed by atoms with Crippen molar-refractivity contribution in [2.24, 2.45) is 0 Å². The van der Waals surface area contributed by atoms with E-state index >= 15 is 0 Å². The van der Waals surface area contributed by atoms with Crippen LogP contribution in [0.25, 0.3) is 11.4 Å². The molecule has 1 amide bonds. The van der Waals surface area contributed by atoms with Gasteiger partial charge in [-0.2, -0.15) is 0 Å². The molecule has 1 aliphatic rings. The van der Waals surface area contributed by atoms with E-state index in [2.05, 4.69) is 35.5 Å². The summed E-state index contributed by atoms with van der Waals surface area (Å²) < 4.78 is 36.2. The Bertz CT molecular complexity index is 1290. The quantitative estimate of drug-likeness (QED) is 0.401. The number of sulfonamides is 1. The minimum absolute atomic E-state index is 0.127. The van der Waals surface area contributed by atoms with E-state index < -0.39 is 33.5 Å². The molecule has 0 spiro atoms. The van der Waals surface area contributed by atoms with E-state index in [4.69, 9.17) is 16.3 Å². The molecule has 14 heteroatoms. The summed E-state index contributed by atoms with van der Waals surface area (Å²) in [6, 6.07) is 5.78. The van der Waals surface area contributed by atoms with Gasteiger partial charge < -0.3 is 10.1 Å². The Morgan fingerprint density at radius 2 is 2.03 bits per heavy atom. The van der Waals surface area contributed by atoms with Crippen molar-refractivity contribution in [3.8, 4) is 11.4 Å². The van der Waals surface area contributed by atoms with Gasteiger partial charge in [-0.3, -0.25) is 29.4 Å². The first kappa shape index (κ1) is 25.0. The lowest BCUT2D eigenvalue weighted by Gasteiger charge is -2.33. The first-order valence-electron chi connectivity index (χ1n) is 10.7. The van der Waals surface area contributed by atoms with E-state index in [0.29, 0.717) is 16.3 Å². The summed E-state index contributed by atoms with van der Waals surface area (Å²) in [5.74, 6) is -0.724. The summed E-state index contributed by atoms with van der Waals surface area (Å²) in [4.78, 5) is 21.2. The molecule has 0 aliphatic carbocycles. The molecule has 0 aromatic carbocycles. The number of anilines is 1. The van der Waals surface area contributed by atoms with Crippen LogP contribution in [0, 0.1) is 0 Å². The van der Waals surface area contributed by atoms with Crippen molar-refractivity contribution in [3.05, 3.63) is 53.6 Å². The van der Waals surface area contributed by atoms with Crippen molar-refractivity contribution in [2.75, 3.05) is 18.5 Å². The number of pyridine rings is 2. The maximum absolute atomic E-state index is 13.4. The van der Waals surface area contributed by atoms with Gasteiger partial charge >= 0.3 is 0 Å². The van der Waals surface area contributed by atoms with Crippen LogP contribution in [0.4, 0.5) is 5.95 Å². The van der Waals surface area contributed by atoms with E-state index in [1.165, 1.54) is 17.9 Å². The molecule has 1 saturated heterocycles. The molecule has 186 valence electrons. The fraction of sp³-hybridized carbons (Fsp3) is 0.381. The second-order valence-corrected chi connectivity index (χ2v) is 10.5. The van der Waals surface area contributed by atoms with Crippen LogP contribution in [-0.4, -0.2) is 64.3 Å². The molecule has 1 fully saturated rings. The standard InChI is InChI=1S/C21H25ClN8O4S/c1-12(16-7-6-15(22)10-24-16)13(2)35(32,33)29-21-28-27-18(14-5-4-8-23-9-14)30(21)17-19(31)25-11-26-20(17)34-3/h4-10,12-13,17,20,26H,11H2,1-3H3,(H,25,31)(H,28,29)/t12-,13-,17?,20?/m0/s1. The summed E-state index contributed by atoms with van der Waals surface area (Å²) in [5.41, 5.74) is 1.12. The van der Waals surface area contributed by atoms with Crippen LogP contribution in [0.1, 0.15) is 31.5 Å². The lowest BCUT2D eigenvalue weighted by Crippen LogP contribution is -2.56. The van der Waals surface area contributed by atoms with Crippen molar-refractivity contribution >= 4 is 33.5 Å². The Labute approximate surface area is 207 Å². The minimum Gasteiger partial charge on any atom is -0.364 e. The van der Waals surface area contributed by atoms with Gasteiger partial charge in [0.1, 0.15) is 6.23 Å². The van der Waals surface area contributed by atoms with Gasteiger partial charge in [-0.1, -0.05) is 18.5 Å². The molecule has 3 aromatic heterocycles. The average Bonchev–Trinajstić information content (AvgIpc) is 3.26.